The van der Waals surface area contributed by atoms with Crippen LogP contribution in [0.4, 0.5) is 11.4 Å². The zero-order chi connectivity index (χ0) is 17.9. The summed E-state index contributed by atoms with van der Waals surface area (Å²) in [5.74, 6) is 0.393. The van der Waals surface area contributed by atoms with Crippen molar-refractivity contribution in [3.05, 3.63) is 53.1 Å². The van der Waals surface area contributed by atoms with Gasteiger partial charge in [0, 0.05) is 0 Å². The summed E-state index contributed by atoms with van der Waals surface area (Å²) in [7, 11) is -3.68. The number of hydrogen-bond donors (Lipinski definition) is 2. The lowest BCUT2D eigenvalue weighted by Gasteiger charge is -2.14. The van der Waals surface area contributed by atoms with Crippen molar-refractivity contribution in [2.24, 2.45) is 10.7 Å². The minimum absolute atomic E-state index is 0.119. The van der Waals surface area contributed by atoms with Crippen LogP contribution in [-0.4, -0.2) is 20.1 Å². The molecule has 0 amide bonds. The van der Waals surface area contributed by atoms with Crippen LogP contribution < -0.4 is 10.5 Å². The number of halogens is 1. The van der Waals surface area contributed by atoms with E-state index < -0.39 is 10.0 Å². The Morgan fingerprint density at radius 3 is 2.17 bits per heavy atom. The molecule has 0 radical (unpaired) electrons. The highest BCUT2D eigenvalue weighted by Gasteiger charge is 2.16. The highest BCUT2D eigenvalue weighted by molar-refractivity contribution is 7.92. The topological polar surface area (TPSA) is 84.5 Å². The van der Waals surface area contributed by atoms with E-state index in [9.17, 15) is 8.42 Å². The van der Waals surface area contributed by atoms with Gasteiger partial charge in [-0.05, 0) is 56.2 Å². The summed E-state index contributed by atoms with van der Waals surface area (Å²) in [6, 6.07) is 10.0. The lowest BCUT2D eigenvalue weighted by atomic mass is 10.1. The number of nitrogens with two attached hydrogens (primary N) is 1. The number of aliphatic imine (C=N–C) groups is 1. The molecule has 0 aliphatic rings. The van der Waals surface area contributed by atoms with E-state index in [0.717, 1.165) is 16.7 Å². The lowest BCUT2D eigenvalue weighted by Crippen LogP contribution is -2.15. The molecule has 0 heterocycles. The van der Waals surface area contributed by atoms with Crippen molar-refractivity contribution in [1.29, 1.82) is 0 Å². The average molecular weight is 366 g/mol. The normalized spacial score (nSPS) is 12.2. The average Bonchev–Trinajstić information content (AvgIpc) is 2.51. The third kappa shape index (κ3) is 4.27. The Bertz CT molecular complexity index is 852. The molecule has 3 N–H and O–H groups in total. The third-order valence-electron chi connectivity index (χ3n) is 3.47. The number of amidine groups is 1. The molecule has 5 nitrogen and oxygen atoms in total. The molecule has 0 atom stereocenters. The number of nitrogens with one attached hydrogen (secondary N) is 1. The van der Waals surface area contributed by atoms with E-state index in [-0.39, 0.29) is 16.6 Å². The van der Waals surface area contributed by atoms with Crippen LogP contribution in [0.25, 0.3) is 0 Å². The molecule has 0 aliphatic carbocycles. The van der Waals surface area contributed by atoms with Crippen molar-refractivity contribution >= 4 is 38.8 Å². The molecule has 0 aromatic heterocycles. The molecule has 2 aromatic carbocycles. The first kappa shape index (κ1) is 18.3. The zero-order valence-electron chi connectivity index (χ0n) is 13.8. The predicted molar refractivity (Wildman–Crippen MR) is 99.9 cm³/mol. The van der Waals surface area contributed by atoms with Gasteiger partial charge in [-0.1, -0.05) is 17.7 Å². The van der Waals surface area contributed by atoms with E-state index in [1.807, 2.05) is 32.9 Å². The summed E-state index contributed by atoms with van der Waals surface area (Å²) in [5, 5.41) is 0. The first-order valence-corrected chi connectivity index (χ1v) is 9.34. The van der Waals surface area contributed by atoms with Crippen molar-refractivity contribution in [3.8, 4) is 0 Å². The Morgan fingerprint density at radius 2 is 1.67 bits per heavy atom. The maximum absolute atomic E-state index is 12.6. The summed E-state index contributed by atoms with van der Waals surface area (Å²) in [5.41, 5.74) is 9.57. The van der Waals surface area contributed by atoms with Crippen molar-refractivity contribution < 1.29 is 8.42 Å². The number of sulfonamides is 1. The molecule has 2 aromatic rings. The molecule has 2 rings (SSSR count). The van der Waals surface area contributed by atoms with E-state index >= 15 is 0 Å². The highest BCUT2D eigenvalue weighted by Crippen LogP contribution is 2.26. The molecular weight excluding hydrogens is 346 g/mol. The second-order valence-electron chi connectivity index (χ2n) is 5.61. The van der Waals surface area contributed by atoms with Gasteiger partial charge in [0.15, 0.2) is 0 Å². The minimum atomic E-state index is -3.68. The minimum Gasteiger partial charge on any atom is -0.386 e. The smallest absolute Gasteiger partial charge is 0.261 e. The first-order valence-electron chi connectivity index (χ1n) is 7.32. The van der Waals surface area contributed by atoms with E-state index in [0.29, 0.717) is 11.4 Å². The van der Waals surface area contributed by atoms with Crippen LogP contribution in [0.5, 0.6) is 0 Å². The summed E-state index contributed by atoms with van der Waals surface area (Å²) in [4.78, 5) is 4.23. The summed E-state index contributed by atoms with van der Waals surface area (Å²) >= 11 is 5.58. The van der Waals surface area contributed by atoms with Gasteiger partial charge >= 0.3 is 0 Å². The Labute approximate surface area is 147 Å². The van der Waals surface area contributed by atoms with E-state index in [1.54, 1.807) is 12.1 Å². The van der Waals surface area contributed by atoms with Gasteiger partial charge in [0.2, 0.25) is 0 Å². The molecule has 24 heavy (non-hydrogen) atoms. The fraction of sp³-hybridized carbons (Fsp3) is 0.235. The Hall–Kier alpha value is -2.05. The Morgan fingerprint density at radius 1 is 1.12 bits per heavy atom. The van der Waals surface area contributed by atoms with E-state index in [2.05, 4.69) is 9.71 Å². The first-order chi connectivity index (χ1) is 11.2. The molecule has 0 spiro atoms. The predicted octanol–water partition coefficient (Wildman–Crippen LogP) is 3.64. The maximum Gasteiger partial charge on any atom is 0.261 e. The van der Waals surface area contributed by atoms with Gasteiger partial charge in [0.05, 0.1) is 22.2 Å². The van der Waals surface area contributed by atoms with Gasteiger partial charge in [0.25, 0.3) is 10.0 Å². The zero-order valence-corrected chi connectivity index (χ0v) is 15.4. The van der Waals surface area contributed by atoms with Gasteiger partial charge in [-0.3, -0.25) is 4.72 Å². The highest BCUT2D eigenvalue weighted by atomic mass is 35.5. The molecule has 128 valence electrons. The van der Waals surface area contributed by atoms with E-state index in [1.165, 1.54) is 12.1 Å². The number of rotatable bonds is 5. The van der Waals surface area contributed by atoms with Crippen molar-refractivity contribution in [3.63, 3.8) is 0 Å². The molecule has 0 saturated heterocycles. The van der Waals surface area contributed by atoms with Crippen LogP contribution >= 0.6 is 11.6 Å². The number of nitrogens with zero attached hydrogens (tertiary/aromatic N) is 1. The second-order valence-corrected chi connectivity index (χ2v) is 7.56. The van der Waals surface area contributed by atoms with Crippen LogP contribution in [0.15, 0.2) is 46.3 Å². The Balaban J connectivity index is 2.32. The Kier molecular flexibility index (Phi) is 5.51. The second kappa shape index (κ2) is 7.23. The van der Waals surface area contributed by atoms with Gasteiger partial charge < -0.3 is 5.73 Å². The largest absolute Gasteiger partial charge is 0.386 e. The molecule has 0 bridgehead atoms. The monoisotopic (exact) mass is 365 g/mol. The number of alkyl halides is 1. The van der Waals surface area contributed by atoms with Gasteiger partial charge in [0.1, 0.15) is 5.84 Å². The fourth-order valence-corrected chi connectivity index (χ4v) is 3.69. The van der Waals surface area contributed by atoms with Gasteiger partial charge in [-0.15, -0.1) is 11.6 Å². The summed E-state index contributed by atoms with van der Waals surface area (Å²) in [6.07, 6.45) is 0. The number of aryl methyl sites for hydroxylation is 3. The summed E-state index contributed by atoms with van der Waals surface area (Å²) in [6.45, 7) is 5.74. The van der Waals surface area contributed by atoms with Crippen LogP contribution in [-0.2, 0) is 10.0 Å². The van der Waals surface area contributed by atoms with Crippen LogP contribution in [0.1, 0.15) is 16.7 Å². The SMILES string of the molecule is Cc1cc(C)c(NS(=O)(=O)c2ccc(N=C(N)CCl)cc2)c(C)c1. The summed E-state index contributed by atoms with van der Waals surface area (Å²) < 4.78 is 27.8. The number of benzene rings is 2. The number of hydrogen-bond acceptors (Lipinski definition) is 3. The van der Waals surface area contributed by atoms with Crippen LogP contribution in [0.3, 0.4) is 0 Å². The van der Waals surface area contributed by atoms with E-state index in [4.69, 9.17) is 17.3 Å². The molecule has 0 fully saturated rings. The van der Waals surface area contributed by atoms with Crippen LogP contribution in [0.2, 0.25) is 0 Å². The van der Waals surface area contributed by atoms with Gasteiger partial charge in [-0.2, -0.15) is 0 Å². The maximum atomic E-state index is 12.6. The molecule has 0 saturated carbocycles. The fourth-order valence-electron chi connectivity index (χ4n) is 2.43. The standard InChI is InChI=1S/C17H20ClN3O2S/c1-11-8-12(2)17(13(3)9-11)21-24(22,23)15-6-4-14(5-7-15)20-16(19)10-18/h4-9,21H,10H2,1-3H3,(H2,19,20). The lowest BCUT2D eigenvalue weighted by molar-refractivity contribution is 0.601. The van der Waals surface area contributed by atoms with Crippen molar-refractivity contribution in [2.75, 3.05) is 10.6 Å². The van der Waals surface area contributed by atoms with Crippen molar-refractivity contribution in [2.45, 2.75) is 25.7 Å². The molecule has 0 aliphatic heterocycles. The molecule has 0 unspecified atom stereocenters. The third-order valence-corrected chi connectivity index (χ3v) is 5.11. The van der Waals surface area contributed by atoms with Crippen LogP contribution in [0, 0.1) is 20.8 Å². The van der Waals surface area contributed by atoms with Crippen molar-refractivity contribution in [1.82, 2.24) is 0 Å². The molecular formula is C17H20ClN3O2S. The quantitative estimate of drug-likeness (QED) is 0.482. The number of anilines is 1. The van der Waals surface area contributed by atoms with Gasteiger partial charge in [-0.25, -0.2) is 13.4 Å². The molecule has 7 heteroatoms.